The first-order chi connectivity index (χ1) is 12.3. The van der Waals surface area contributed by atoms with Gasteiger partial charge in [0.05, 0.1) is 24.0 Å². The summed E-state index contributed by atoms with van der Waals surface area (Å²) in [6.45, 7) is 0. The minimum absolute atomic E-state index is 0.716. The van der Waals surface area contributed by atoms with Crippen molar-refractivity contribution in [3.8, 4) is 11.8 Å². The van der Waals surface area contributed by atoms with Gasteiger partial charge in [-0.3, -0.25) is 0 Å². The molecule has 0 saturated heterocycles. The average Bonchev–Trinajstić information content (AvgIpc) is 2.67. The lowest BCUT2D eigenvalue weighted by Gasteiger charge is -2.23. The van der Waals surface area contributed by atoms with Crippen LogP contribution in [0.1, 0.15) is 16.7 Å². The Bertz CT molecular complexity index is 974. The second-order valence-corrected chi connectivity index (χ2v) is 6.92. The summed E-state index contributed by atoms with van der Waals surface area (Å²) in [7, 11) is 1.66. The van der Waals surface area contributed by atoms with E-state index >= 15 is 0 Å². The third kappa shape index (κ3) is 2.95. The molecule has 0 aliphatic carbocycles. The van der Waals surface area contributed by atoms with Gasteiger partial charge in [-0.25, -0.2) is 0 Å². The molecule has 4 heteroatoms. The zero-order chi connectivity index (χ0) is 17.2. The highest BCUT2D eigenvalue weighted by molar-refractivity contribution is 7.99. The van der Waals surface area contributed by atoms with Gasteiger partial charge in [0, 0.05) is 9.79 Å². The maximum Gasteiger partial charge on any atom is 0.118 e. The Hall–Kier alpha value is -2.90. The van der Waals surface area contributed by atoms with E-state index in [2.05, 4.69) is 29.6 Å². The van der Waals surface area contributed by atoms with Gasteiger partial charge in [0.15, 0.2) is 0 Å². The molecule has 1 heterocycles. The largest absolute Gasteiger partial charge is 0.497 e. The molecule has 0 radical (unpaired) electrons. The monoisotopic (exact) mass is 344 g/mol. The number of fused-ring (bicyclic) bond motifs is 2. The second-order valence-electron chi connectivity index (χ2n) is 5.83. The number of ether oxygens (including phenoxy) is 1. The lowest BCUT2D eigenvalue weighted by atomic mass is 9.98. The molecule has 0 amide bonds. The number of hydrogen-bond donors (Lipinski definition) is 1. The van der Waals surface area contributed by atoms with Crippen LogP contribution < -0.4 is 10.1 Å². The number of nitriles is 1. The lowest BCUT2D eigenvalue weighted by molar-refractivity contribution is 0.414. The zero-order valence-corrected chi connectivity index (χ0v) is 14.6. The first-order valence-electron chi connectivity index (χ1n) is 8.01. The first kappa shape index (κ1) is 15.6. The quantitative estimate of drug-likeness (QED) is 0.543. The van der Waals surface area contributed by atoms with Crippen LogP contribution in [0.4, 0.5) is 11.4 Å². The van der Waals surface area contributed by atoms with Gasteiger partial charge >= 0.3 is 0 Å². The molecule has 3 aromatic carbocycles. The highest BCUT2D eigenvalue weighted by Gasteiger charge is 2.20. The molecule has 1 aliphatic rings. The number of methoxy groups -OCH3 is 1. The van der Waals surface area contributed by atoms with Crippen LogP contribution in [0.25, 0.3) is 0 Å². The minimum atomic E-state index is 0.716. The molecular formula is C21H16N2OS. The Labute approximate surface area is 151 Å². The third-order valence-corrected chi connectivity index (χ3v) is 5.42. The van der Waals surface area contributed by atoms with Crippen molar-refractivity contribution in [2.75, 3.05) is 12.4 Å². The van der Waals surface area contributed by atoms with Gasteiger partial charge in [-0.05, 0) is 47.9 Å². The fourth-order valence-electron chi connectivity index (χ4n) is 2.99. The number of rotatable bonds is 3. The van der Waals surface area contributed by atoms with E-state index in [1.807, 2.05) is 42.5 Å². The summed E-state index contributed by atoms with van der Waals surface area (Å²) >= 11 is 1.70. The van der Waals surface area contributed by atoms with Crippen LogP contribution in [0, 0.1) is 11.3 Å². The Morgan fingerprint density at radius 2 is 1.80 bits per heavy atom. The molecule has 4 rings (SSSR count). The summed E-state index contributed by atoms with van der Waals surface area (Å²) in [6, 6.07) is 22.7. The summed E-state index contributed by atoms with van der Waals surface area (Å²) in [5, 5.41) is 13.2. The molecule has 0 bridgehead atoms. The molecule has 1 aliphatic heterocycles. The summed E-state index contributed by atoms with van der Waals surface area (Å²) < 4.78 is 5.21. The number of hydrogen-bond acceptors (Lipinski definition) is 4. The molecule has 3 aromatic rings. The van der Waals surface area contributed by atoms with Crippen molar-refractivity contribution in [2.45, 2.75) is 16.2 Å². The summed E-state index contributed by atoms with van der Waals surface area (Å²) in [5.74, 6) is 0.837. The van der Waals surface area contributed by atoms with E-state index in [4.69, 9.17) is 4.74 Å². The van der Waals surface area contributed by atoms with Gasteiger partial charge < -0.3 is 10.1 Å². The van der Waals surface area contributed by atoms with Crippen molar-refractivity contribution in [1.82, 2.24) is 0 Å². The first-order valence-corrected chi connectivity index (χ1v) is 8.83. The van der Waals surface area contributed by atoms with Gasteiger partial charge in [0.25, 0.3) is 0 Å². The van der Waals surface area contributed by atoms with Crippen LogP contribution in [-0.4, -0.2) is 7.11 Å². The van der Waals surface area contributed by atoms with Crippen molar-refractivity contribution in [3.05, 3.63) is 77.4 Å². The van der Waals surface area contributed by atoms with Crippen LogP contribution >= 0.6 is 11.8 Å². The molecule has 0 aromatic heterocycles. The Kier molecular flexibility index (Phi) is 4.09. The van der Waals surface area contributed by atoms with E-state index in [1.165, 1.54) is 4.90 Å². The fourth-order valence-corrected chi connectivity index (χ4v) is 3.99. The summed E-state index contributed by atoms with van der Waals surface area (Å²) in [6.07, 6.45) is 0.716. The fraction of sp³-hybridized carbons (Fsp3) is 0.0952. The summed E-state index contributed by atoms with van der Waals surface area (Å²) in [4.78, 5) is 2.27. The lowest BCUT2D eigenvalue weighted by Crippen LogP contribution is -2.05. The molecule has 0 fully saturated rings. The standard InChI is InChI=1S/C21H16N2OS/c1-24-16-9-6-14(7-10-16)12-15-8-11-20-21(17(15)13-22)23-18-4-2-3-5-19(18)25-20/h2-11,23H,12H2,1H3. The van der Waals surface area contributed by atoms with Crippen LogP contribution in [0.2, 0.25) is 0 Å². The molecule has 1 N–H and O–H groups in total. The van der Waals surface area contributed by atoms with Crippen molar-refractivity contribution >= 4 is 23.1 Å². The SMILES string of the molecule is COc1ccc(Cc2ccc3c(c2C#N)Nc2ccccc2S3)cc1. The predicted molar refractivity (Wildman–Crippen MR) is 101 cm³/mol. The van der Waals surface area contributed by atoms with Crippen molar-refractivity contribution < 1.29 is 4.74 Å². The van der Waals surface area contributed by atoms with Crippen LogP contribution in [0.5, 0.6) is 5.75 Å². The van der Waals surface area contributed by atoms with E-state index in [1.54, 1.807) is 18.9 Å². The molecule has 25 heavy (non-hydrogen) atoms. The van der Waals surface area contributed by atoms with Crippen molar-refractivity contribution in [3.63, 3.8) is 0 Å². The van der Waals surface area contributed by atoms with E-state index in [0.717, 1.165) is 38.7 Å². The van der Waals surface area contributed by atoms with E-state index in [-0.39, 0.29) is 0 Å². The Morgan fingerprint density at radius 3 is 2.56 bits per heavy atom. The van der Waals surface area contributed by atoms with Gasteiger partial charge in [-0.15, -0.1) is 0 Å². The maximum atomic E-state index is 9.76. The highest BCUT2D eigenvalue weighted by Crippen LogP contribution is 2.46. The average molecular weight is 344 g/mol. The number of nitrogens with zero attached hydrogens (tertiary/aromatic N) is 1. The topological polar surface area (TPSA) is 45.0 Å². The maximum absolute atomic E-state index is 9.76. The molecule has 3 nitrogen and oxygen atoms in total. The molecule has 0 saturated carbocycles. The second kappa shape index (κ2) is 6.54. The van der Waals surface area contributed by atoms with Crippen molar-refractivity contribution in [1.29, 1.82) is 5.26 Å². The van der Waals surface area contributed by atoms with E-state index in [9.17, 15) is 5.26 Å². The van der Waals surface area contributed by atoms with Gasteiger partial charge in [-0.2, -0.15) is 5.26 Å². The molecule has 122 valence electrons. The van der Waals surface area contributed by atoms with Gasteiger partial charge in [-0.1, -0.05) is 42.1 Å². The summed E-state index contributed by atoms with van der Waals surface area (Å²) in [5.41, 5.74) is 4.87. The normalized spacial score (nSPS) is 11.7. The van der Waals surface area contributed by atoms with Crippen LogP contribution in [0.15, 0.2) is 70.5 Å². The molecule has 0 spiro atoms. The van der Waals surface area contributed by atoms with E-state index < -0.39 is 0 Å². The molecular weight excluding hydrogens is 328 g/mol. The van der Waals surface area contributed by atoms with Crippen LogP contribution in [0.3, 0.4) is 0 Å². The third-order valence-electron chi connectivity index (χ3n) is 4.29. The number of anilines is 2. The molecule has 0 unspecified atom stereocenters. The number of benzene rings is 3. The van der Waals surface area contributed by atoms with E-state index in [0.29, 0.717) is 6.42 Å². The smallest absolute Gasteiger partial charge is 0.118 e. The van der Waals surface area contributed by atoms with Gasteiger partial charge in [0.1, 0.15) is 11.8 Å². The zero-order valence-electron chi connectivity index (χ0n) is 13.7. The predicted octanol–water partition coefficient (Wildman–Crippen LogP) is 5.37. The number of nitrogens with one attached hydrogen (secondary N) is 1. The number of para-hydroxylation sites is 1. The Morgan fingerprint density at radius 1 is 1.00 bits per heavy atom. The highest BCUT2D eigenvalue weighted by atomic mass is 32.2. The minimum Gasteiger partial charge on any atom is -0.497 e. The van der Waals surface area contributed by atoms with Gasteiger partial charge in [0.2, 0.25) is 0 Å². The van der Waals surface area contributed by atoms with Crippen molar-refractivity contribution in [2.24, 2.45) is 0 Å². The molecule has 0 atom stereocenters. The Balaban J connectivity index is 1.70. The van der Waals surface area contributed by atoms with Crippen LogP contribution in [-0.2, 0) is 6.42 Å².